The Morgan fingerprint density at radius 1 is 1.12 bits per heavy atom. The summed E-state index contributed by atoms with van der Waals surface area (Å²) < 4.78 is 1.46. The Hall–Kier alpha value is -3.52. The van der Waals surface area contributed by atoms with Crippen molar-refractivity contribution in [2.24, 2.45) is 5.73 Å². The summed E-state index contributed by atoms with van der Waals surface area (Å²) in [6.45, 7) is 2.38. The molecule has 1 aromatic heterocycles. The largest absolute Gasteiger partial charge is 0.366 e. The van der Waals surface area contributed by atoms with Gasteiger partial charge in [0.1, 0.15) is 12.7 Å². The number of likely N-dealkylation sites (N-methyl/N-ethyl adjacent to an activating group) is 1. The minimum Gasteiger partial charge on any atom is -0.366 e. The standard InChI is InChI=1S/C24H28N6O2/c1-28(12-9-18-5-3-2-4-6-18)20-10-13-29(14-11-20)24(32)19-7-8-22(21(15-19)23(25)31)30-17-26-16-27-30/h2-8,15-17,20H,9-14H2,1H3,(H2,25,31). The summed E-state index contributed by atoms with van der Waals surface area (Å²) in [5.41, 5.74) is 8.11. The monoisotopic (exact) mass is 432 g/mol. The van der Waals surface area contributed by atoms with Gasteiger partial charge in [0.25, 0.3) is 11.8 Å². The predicted octanol–water partition coefficient (Wildman–Crippen LogP) is 2.15. The van der Waals surface area contributed by atoms with Gasteiger partial charge in [-0.2, -0.15) is 5.10 Å². The number of benzene rings is 2. The second-order valence-electron chi connectivity index (χ2n) is 8.18. The molecule has 0 spiro atoms. The molecular weight excluding hydrogens is 404 g/mol. The van der Waals surface area contributed by atoms with Crippen LogP contribution in [0.2, 0.25) is 0 Å². The molecule has 166 valence electrons. The maximum absolute atomic E-state index is 13.1. The second-order valence-corrected chi connectivity index (χ2v) is 8.18. The lowest BCUT2D eigenvalue weighted by molar-refractivity contribution is 0.0647. The van der Waals surface area contributed by atoms with E-state index in [9.17, 15) is 9.59 Å². The second kappa shape index (κ2) is 9.74. The van der Waals surface area contributed by atoms with Crippen molar-refractivity contribution >= 4 is 11.8 Å². The van der Waals surface area contributed by atoms with Crippen LogP contribution in [-0.2, 0) is 6.42 Å². The number of amides is 2. The lowest BCUT2D eigenvalue weighted by Gasteiger charge is -2.37. The summed E-state index contributed by atoms with van der Waals surface area (Å²) in [7, 11) is 2.16. The van der Waals surface area contributed by atoms with E-state index < -0.39 is 5.91 Å². The molecule has 8 heteroatoms. The summed E-state index contributed by atoms with van der Waals surface area (Å²) in [5.74, 6) is -0.688. The van der Waals surface area contributed by atoms with E-state index in [2.05, 4.69) is 46.3 Å². The van der Waals surface area contributed by atoms with Crippen LogP contribution < -0.4 is 5.73 Å². The van der Waals surface area contributed by atoms with Crippen LogP contribution in [0.15, 0.2) is 61.2 Å². The lowest BCUT2D eigenvalue weighted by atomic mass is 10.0. The van der Waals surface area contributed by atoms with Gasteiger partial charge >= 0.3 is 0 Å². The molecule has 4 rings (SSSR count). The van der Waals surface area contributed by atoms with Gasteiger partial charge in [-0.3, -0.25) is 9.59 Å². The molecule has 0 saturated carbocycles. The van der Waals surface area contributed by atoms with Gasteiger partial charge in [-0.1, -0.05) is 30.3 Å². The maximum atomic E-state index is 13.1. The highest BCUT2D eigenvalue weighted by molar-refractivity contribution is 6.01. The first-order valence-corrected chi connectivity index (χ1v) is 10.8. The number of primary amides is 1. The summed E-state index contributed by atoms with van der Waals surface area (Å²) in [4.78, 5) is 33.2. The number of likely N-dealkylation sites (tertiary alicyclic amines) is 1. The molecule has 3 aromatic rings. The van der Waals surface area contributed by atoms with Crippen molar-refractivity contribution in [1.82, 2.24) is 24.6 Å². The van der Waals surface area contributed by atoms with Crippen molar-refractivity contribution in [3.05, 3.63) is 77.9 Å². The van der Waals surface area contributed by atoms with Gasteiger partial charge in [-0.25, -0.2) is 9.67 Å². The van der Waals surface area contributed by atoms with Crippen molar-refractivity contribution in [2.45, 2.75) is 25.3 Å². The van der Waals surface area contributed by atoms with Gasteiger partial charge in [0.2, 0.25) is 0 Å². The zero-order chi connectivity index (χ0) is 22.5. The SMILES string of the molecule is CN(CCc1ccccc1)C1CCN(C(=O)c2ccc(-n3cncn3)c(C(N)=O)c2)CC1. The third-order valence-corrected chi connectivity index (χ3v) is 6.15. The topological polar surface area (TPSA) is 97.3 Å². The first kappa shape index (κ1) is 21.7. The Kier molecular flexibility index (Phi) is 6.61. The number of piperidine rings is 1. The van der Waals surface area contributed by atoms with Gasteiger partial charge in [0.15, 0.2) is 0 Å². The van der Waals surface area contributed by atoms with E-state index in [4.69, 9.17) is 5.73 Å². The molecule has 0 atom stereocenters. The highest BCUT2D eigenvalue weighted by Gasteiger charge is 2.26. The van der Waals surface area contributed by atoms with Gasteiger partial charge in [-0.15, -0.1) is 0 Å². The molecular formula is C24H28N6O2. The van der Waals surface area contributed by atoms with E-state index in [1.165, 1.54) is 22.9 Å². The van der Waals surface area contributed by atoms with Crippen LogP contribution in [0.1, 0.15) is 39.1 Å². The smallest absolute Gasteiger partial charge is 0.253 e. The van der Waals surface area contributed by atoms with Crippen LogP contribution >= 0.6 is 0 Å². The minimum absolute atomic E-state index is 0.0805. The Labute approximate surface area is 187 Å². The number of nitrogens with zero attached hydrogens (tertiary/aromatic N) is 5. The molecule has 1 fully saturated rings. The van der Waals surface area contributed by atoms with Crippen LogP contribution in [-0.4, -0.2) is 69.1 Å². The van der Waals surface area contributed by atoms with Crippen LogP contribution in [0.4, 0.5) is 0 Å². The van der Waals surface area contributed by atoms with Gasteiger partial charge in [0, 0.05) is 31.2 Å². The molecule has 8 nitrogen and oxygen atoms in total. The first-order valence-electron chi connectivity index (χ1n) is 10.8. The number of carbonyl (C=O) groups is 2. The van der Waals surface area contributed by atoms with Crippen molar-refractivity contribution in [2.75, 3.05) is 26.7 Å². The Balaban J connectivity index is 1.37. The van der Waals surface area contributed by atoms with Crippen molar-refractivity contribution < 1.29 is 9.59 Å². The fourth-order valence-electron chi connectivity index (χ4n) is 4.22. The Bertz CT molecular complexity index is 1060. The minimum atomic E-state index is -0.608. The molecule has 2 amide bonds. The fraction of sp³-hybridized carbons (Fsp3) is 0.333. The average Bonchev–Trinajstić information content (AvgIpc) is 3.37. The molecule has 2 aromatic carbocycles. The average molecular weight is 433 g/mol. The van der Waals surface area contributed by atoms with Gasteiger partial charge < -0.3 is 15.5 Å². The molecule has 32 heavy (non-hydrogen) atoms. The van der Waals surface area contributed by atoms with Crippen LogP contribution in [0.3, 0.4) is 0 Å². The third-order valence-electron chi connectivity index (χ3n) is 6.15. The van der Waals surface area contributed by atoms with E-state index in [1.807, 2.05) is 11.0 Å². The molecule has 0 radical (unpaired) electrons. The van der Waals surface area contributed by atoms with E-state index in [0.29, 0.717) is 30.4 Å². The molecule has 2 heterocycles. The van der Waals surface area contributed by atoms with Crippen molar-refractivity contribution in [3.63, 3.8) is 0 Å². The summed E-state index contributed by atoms with van der Waals surface area (Å²) in [6, 6.07) is 15.9. The number of rotatable bonds is 7. The quantitative estimate of drug-likeness (QED) is 0.617. The fourth-order valence-corrected chi connectivity index (χ4v) is 4.22. The number of nitrogens with two attached hydrogens (primary N) is 1. The zero-order valence-corrected chi connectivity index (χ0v) is 18.2. The molecule has 0 unspecified atom stereocenters. The molecule has 1 saturated heterocycles. The summed E-state index contributed by atoms with van der Waals surface area (Å²) >= 11 is 0. The summed E-state index contributed by atoms with van der Waals surface area (Å²) in [6.07, 6.45) is 5.74. The van der Waals surface area contributed by atoms with E-state index in [-0.39, 0.29) is 11.5 Å². The molecule has 0 aliphatic carbocycles. The number of carbonyl (C=O) groups excluding carboxylic acids is 2. The van der Waals surface area contributed by atoms with Crippen LogP contribution in [0, 0.1) is 0 Å². The van der Waals surface area contributed by atoms with E-state index in [1.54, 1.807) is 18.2 Å². The van der Waals surface area contributed by atoms with Crippen molar-refractivity contribution in [3.8, 4) is 5.69 Å². The molecule has 2 N–H and O–H groups in total. The number of hydrogen-bond acceptors (Lipinski definition) is 5. The van der Waals surface area contributed by atoms with Crippen LogP contribution in [0.25, 0.3) is 5.69 Å². The van der Waals surface area contributed by atoms with E-state index in [0.717, 1.165) is 25.8 Å². The highest BCUT2D eigenvalue weighted by atomic mass is 16.2. The number of aromatic nitrogens is 3. The maximum Gasteiger partial charge on any atom is 0.253 e. The highest BCUT2D eigenvalue weighted by Crippen LogP contribution is 2.21. The first-order chi connectivity index (χ1) is 15.5. The molecule has 0 bridgehead atoms. The Morgan fingerprint density at radius 2 is 1.88 bits per heavy atom. The van der Waals surface area contributed by atoms with E-state index >= 15 is 0 Å². The Morgan fingerprint density at radius 3 is 2.53 bits per heavy atom. The van der Waals surface area contributed by atoms with Gasteiger partial charge in [0.05, 0.1) is 11.3 Å². The third kappa shape index (κ3) is 4.86. The normalized spacial score (nSPS) is 14.6. The number of hydrogen-bond donors (Lipinski definition) is 1. The predicted molar refractivity (Wildman–Crippen MR) is 122 cm³/mol. The lowest BCUT2D eigenvalue weighted by Crippen LogP contribution is -2.46. The van der Waals surface area contributed by atoms with Gasteiger partial charge in [-0.05, 0) is 50.1 Å². The summed E-state index contributed by atoms with van der Waals surface area (Å²) in [5, 5.41) is 4.05. The molecule has 1 aliphatic rings. The molecule has 1 aliphatic heterocycles. The van der Waals surface area contributed by atoms with Crippen molar-refractivity contribution in [1.29, 1.82) is 0 Å². The zero-order valence-electron chi connectivity index (χ0n) is 18.2. The van der Waals surface area contributed by atoms with Crippen LogP contribution in [0.5, 0.6) is 0 Å².